The number of nitrogens with zero attached hydrogens (tertiary/aromatic N) is 2. The summed E-state index contributed by atoms with van der Waals surface area (Å²) in [6, 6.07) is 108. The first-order chi connectivity index (χ1) is 38.4. The summed E-state index contributed by atoms with van der Waals surface area (Å²) in [5.74, 6) is 0. The molecular formula is C76H54N2. The number of fused-ring (bicyclic) bond motifs is 9. The SMILES string of the molecule is CC1(C)c2ccccc2-c2ccc(N(c3ccc(-c4ccccc4)cc3)c3ccc4c5ccccc5n(-c5ccc(-c6ccc7c(c6)-c6ccccc6C7(c6ccccc6)c6ccccc6)cc5-c5ccccc5)c4c3)cc21. The van der Waals surface area contributed by atoms with Gasteiger partial charge in [0.2, 0.25) is 0 Å². The zero-order chi connectivity index (χ0) is 52.0. The van der Waals surface area contributed by atoms with Crippen LogP contribution in [0.15, 0.2) is 291 Å². The number of hydrogen-bond acceptors (Lipinski definition) is 1. The largest absolute Gasteiger partial charge is 0.310 e. The van der Waals surface area contributed by atoms with Crippen LogP contribution in [0.25, 0.3) is 83.1 Å². The van der Waals surface area contributed by atoms with Crippen LogP contribution >= 0.6 is 0 Å². The molecule has 0 aliphatic heterocycles. The van der Waals surface area contributed by atoms with E-state index in [2.05, 4.69) is 315 Å². The number of para-hydroxylation sites is 1. The van der Waals surface area contributed by atoms with Gasteiger partial charge in [-0.05, 0) is 144 Å². The van der Waals surface area contributed by atoms with Crippen LogP contribution < -0.4 is 4.90 Å². The number of hydrogen-bond donors (Lipinski definition) is 0. The number of aromatic nitrogens is 1. The van der Waals surface area contributed by atoms with Crippen molar-refractivity contribution < 1.29 is 0 Å². The molecule has 2 aliphatic rings. The summed E-state index contributed by atoms with van der Waals surface area (Å²) in [5.41, 5.74) is 26.3. The van der Waals surface area contributed by atoms with Gasteiger partial charge in [0, 0.05) is 38.8 Å². The summed E-state index contributed by atoms with van der Waals surface area (Å²) in [4.78, 5) is 2.45. The molecule has 15 rings (SSSR count). The molecule has 368 valence electrons. The molecule has 1 heterocycles. The van der Waals surface area contributed by atoms with Gasteiger partial charge in [-0.25, -0.2) is 0 Å². The Kier molecular flexibility index (Phi) is 10.5. The van der Waals surface area contributed by atoms with E-state index in [-0.39, 0.29) is 5.41 Å². The van der Waals surface area contributed by atoms with Crippen LogP contribution in [0, 0.1) is 0 Å². The van der Waals surface area contributed by atoms with Gasteiger partial charge in [-0.2, -0.15) is 0 Å². The topological polar surface area (TPSA) is 8.17 Å². The molecule has 0 amide bonds. The molecule has 0 unspecified atom stereocenters. The van der Waals surface area contributed by atoms with Gasteiger partial charge in [0.1, 0.15) is 0 Å². The highest BCUT2D eigenvalue weighted by Gasteiger charge is 2.46. The molecule has 0 fully saturated rings. The maximum Gasteiger partial charge on any atom is 0.0713 e. The van der Waals surface area contributed by atoms with Crippen LogP contribution in [-0.2, 0) is 10.8 Å². The number of rotatable bonds is 9. The summed E-state index contributed by atoms with van der Waals surface area (Å²) in [6.45, 7) is 4.73. The lowest BCUT2D eigenvalue weighted by atomic mass is 9.67. The van der Waals surface area contributed by atoms with Gasteiger partial charge in [0.05, 0.1) is 22.1 Å². The Balaban J connectivity index is 0.913. The predicted octanol–water partition coefficient (Wildman–Crippen LogP) is 19.9. The van der Waals surface area contributed by atoms with Crippen LogP contribution in [0.3, 0.4) is 0 Å². The highest BCUT2D eigenvalue weighted by molar-refractivity contribution is 6.11. The maximum atomic E-state index is 2.51. The summed E-state index contributed by atoms with van der Waals surface area (Å²) < 4.78 is 2.51. The van der Waals surface area contributed by atoms with Crippen molar-refractivity contribution in [2.24, 2.45) is 0 Å². The Hall–Kier alpha value is -9.76. The molecule has 1 aromatic heterocycles. The minimum absolute atomic E-state index is 0.152. The molecule has 0 spiro atoms. The van der Waals surface area contributed by atoms with E-state index in [0.29, 0.717) is 0 Å². The van der Waals surface area contributed by atoms with Crippen LogP contribution in [0.1, 0.15) is 47.2 Å². The van der Waals surface area contributed by atoms with E-state index < -0.39 is 5.41 Å². The minimum atomic E-state index is -0.453. The lowest BCUT2D eigenvalue weighted by molar-refractivity contribution is 0.660. The van der Waals surface area contributed by atoms with E-state index in [1.54, 1.807) is 0 Å². The lowest BCUT2D eigenvalue weighted by Crippen LogP contribution is -2.28. The standard InChI is InChI=1S/C76H54N2/c1-75(2)68-32-18-15-29-61(68)63-43-41-59(49-71(63)75)77(58-39-35-52(36-40-58)51-21-7-3-8-22-51)60-42-44-65-64-31-17-20-34-72(64)78(74(65)50-60)73-46-38-55(47-66(73)53-23-9-4-10-24-53)54-37-45-70-67(48-54)62-30-16-19-33-69(62)76(70,56-25-11-5-12-26-56)57-27-13-6-14-28-57/h3-50H,1-2H3. The third-order valence-corrected chi connectivity index (χ3v) is 17.1. The Labute approximate surface area is 456 Å². The number of benzene rings is 12. The third kappa shape index (κ3) is 6.96. The first-order valence-corrected chi connectivity index (χ1v) is 27.2. The highest BCUT2D eigenvalue weighted by atomic mass is 15.1. The van der Waals surface area contributed by atoms with E-state index in [0.717, 1.165) is 39.3 Å². The average molecular weight is 995 g/mol. The zero-order valence-electron chi connectivity index (χ0n) is 43.6. The molecule has 0 radical (unpaired) electrons. The average Bonchev–Trinajstić information content (AvgIpc) is 4.30. The molecular weight excluding hydrogens is 941 g/mol. The maximum absolute atomic E-state index is 2.51. The van der Waals surface area contributed by atoms with Crippen molar-refractivity contribution in [3.63, 3.8) is 0 Å². The van der Waals surface area contributed by atoms with Gasteiger partial charge in [-0.15, -0.1) is 0 Å². The van der Waals surface area contributed by atoms with Gasteiger partial charge < -0.3 is 9.47 Å². The highest BCUT2D eigenvalue weighted by Crippen LogP contribution is 2.57. The van der Waals surface area contributed by atoms with Crippen LogP contribution in [0.4, 0.5) is 17.1 Å². The van der Waals surface area contributed by atoms with Crippen molar-refractivity contribution in [3.05, 3.63) is 325 Å². The molecule has 0 N–H and O–H groups in total. The van der Waals surface area contributed by atoms with Gasteiger partial charge in [0.25, 0.3) is 0 Å². The van der Waals surface area contributed by atoms with Crippen molar-refractivity contribution in [2.45, 2.75) is 24.7 Å². The van der Waals surface area contributed by atoms with Gasteiger partial charge in [-0.1, -0.05) is 244 Å². The van der Waals surface area contributed by atoms with E-state index >= 15 is 0 Å². The lowest BCUT2D eigenvalue weighted by Gasteiger charge is -2.33. The van der Waals surface area contributed by atoms with E-state index in [1.807, 2.05) is 0 Å². The zero-order valence-corrected chi connectivity index (χ0v) is 43.6. The monoisotopic (exact) mass is 994 g/mol. The Morgan fingerprint density at radius 2 is 0.756 bits per heavy atom. The molecule has 2 heteroatoms. The van der Waals surface area contributed by atoms with Gasteiger partial charge >= 0.3 is 0 Å². The molecule has 0 bridgehead atoms. The fraction of sp³-hybridized carbons (Fsp3) is 0.0526. The predicted molar refractivity (Wildman–Crippen MR) is 327 cm³/mol. The molecule has 2 nitrogen and oxygen atoms in total. The molecule has 12 aromatic carbocycles. The summed E-state index contributed by atoms with van der Waals surface area (Å²) in [5, 5.41) is 2.43. The number of anilines is 3. The Morgan fingerprint density at radius 1 is 0.282 bits per heavy atom. The first-order valence-electron chi connectivity index (χ1n) is 27.2. The fourth-order valence-corrected chi connectivity index (χ4v) is 13.5. The Morgan fingerprint density at radius 3 is 1.46 bits per heavy atom. The second-order valence-corrected chi connectivity index (χ2v) is 21.6. The fourth-order valence-electron chi connectivity index (χ4n) is 13.5. The molecule has 2 aliphatic carbocycles. The van der Waals surface area contributed by atoms with Crippen molar-refractivity contribution >= 4 is 38.9 Å². The quantitative estimate of drug-likeness (QED) is 0.140. The molecule has 13 aromatic rings. The van der Waals surface area contributed by atoms with E-state index in [1.165, 1.54) is 94.2 Å². The minimum Gasteiger partial charge on any atom is -0.310 e. The van der Waals surface area contributed by atoms with Crippen molar-refractivity contribution in [1.82, 2.24) is 4.57 Å². The Bertz CT molecular complexity index is 4400. The molecule has 0 saturated heterocycles. The van der Waals surface area contributed by atoms with Crippen molar-refractivity contribution in [1.29, 1.82) is 0 Å². The van der Waals surface area contributed by atoms with E-state index in [9.17, 15) is 0 Å². The van der Waals surface area contributed by atoms with Gasteiger partial charge in [0.15, 0.2) is 0 Å². The molecule has 0 saturated carbocycles. The van der Waals surface area contributed by atoms with Crippen LogP contribution in [0.2, 0.25) is 0 Å². The summed E-state index contributed by atoms with van der Waals surface area (Å²) >= 11 is 0. The third-order valence-electron chi connectivity index (χ3n) is 17.1. The van der Waals surface area contributed by atoms with Crippen molar-refractivity contribution in [2.75, 3.05) is 4.90 Å². The molecule has 78 heavy (non-hydrogen) atoms. The molecule has 0 atom stereocenters. The smallest absolute Gasteiger partial charge is 0.0713 e. The summed E-state index contributed by atoms with van der Waals surface area (Å²) in [6.07, 6.45) is 0. The van der Waals surface area contributed by atoms with Crippen LogP contribution in [0.5, 0.6) is 0 Å². The van der Waals surface area contributed by atoms with Crippen molar-refractivity contribution in [3.8, 4) is 61.3 Å². The summed E-state index contributed by atoms with van der Waals surface area (Å²) in [7, 11) is 0. The first kappa shape index (κ1) is 45.6. The van der Waals surface area contributed by atoms with Crippen LogP contribution in [-0.4, -0.2) is 4.57 Å². The normalized spacial score (nSPS) is 13.5. The second-order valence-electron chi connectivity index (χ2n) is 21.6. The van der Waals surface area contributed by atoms with E-state index in [4.69, 9.17) is 0 Å². The van der Waals surface area contributed by atoms with Gasteiger partial charge in [-0.3, -0.25) is 0 Å². The second kappa shape index (κ2) is 17.9.